The van der Waals surface area contributed by atoms with Gasteiger partial charge in [-0.15, -0.1) is 11.3 Å². The molecule has 1 aliphatic heterocycles. The summed E-state index contributed by atoms with van der Waals surface area (Å²) in [4.78, 5) is 12.9. The third kappa shape index (κ3) is 3.31. The number of thiophene rings is 1. The van der Waals surface area contributed by atoms with Gasteiger partial charge in [-0.3, -0.25) is 4.79 Å². The molecule has 2 heterocycles. The summed E-state index contributed by atoms with van der Waals surface area (Å²) < 4.78 is 5.34. The Kier molecular flexibility index (Phi) is 4.37. The molecule has 1 aromatic rings. The van der Waals surface area contributed by atoms with Crippen LogP contribution in [0.15, 0.2) is 17.5 Å². The molecule has 0 bridgehead atoms. The van der Waals surface area contributed by atoms with Crippen LogP contribution in [-0.2, 0) is 9.53 Å². The van der Waals surface area contributed by atoms with Crippen molar-refractivity contribution in [3.8, 4) is 0 Å². The van der Waals surface area contributed by atoms with E-state index >= 15 is 0 Å². The van der Waals surface area contributed by atoms with Gasteiger partial charge in [0.05, 0.1) is 0 Å². The molecule has 1 fully saturated rings. The highest BCUT2D eigenvalue weighted by molar-refractivity contribution is 7.10. The summed E-state index contributed by atoms with van der Waals surface area (Å²) in [5.41, 5.74) is 6.06. The first-order valence-electron chi connectivity index (χ1n) is 6.25. The van der Waals surface area contributed by atoms with E-state index in [1.807, 2.05) is 17.5 Å². The van der Waals surface area contributed by atoms with Crippen molar-refractivity contribution in [1.29, 1.82) is 0 Å². The molecule has 100 valence electrons. The lowest BCUT2D eigenvalue weighted by Gasteiger charge is -2.33. The summed E-state index contributed by atoms with van der Waals surface area (Å²) in [5, 5.41) is 4.90. The number of amides is 1. The third-order valence-electron chi connectivity index (χ3n) is 3.52. The smallest absolute Gasteiger partial charge is 0.242 e. The normalized spacial score (nSPS) is 20.3. The average molecular weight is 268 g/mol. The molecule has 1 aliphatic rings. The first kappa shape index (κ1) is 13.5. The summed E-state index contributed by atoms with van der Waals surface area (Å²) in [7, 11) is 0. The molecule has 0 aliphatic carbocycles. The number of nitrogens with one attached hydrogen (secondary N) is 1. The summed E-state index contributed by atoms with van der Waals surface area (Å²) in [6.07, 6.45) is 1.98. The van der Waals surface area contributed by atoms with Crippen molar-refractivity contribution in [3.05, 3.63) is 22.4 Å². The Morgan fingerprint density at radius 2 is 2.33 bits per heavy atom. The number of carbonyl (C=O) groups is 1. The van der Waals surface area contributed by atoms with Crippen LogP contribution in [0.1, 0.15) is 30.7 Å². The minimum absolute atomic E-state index is 0.0924. The lowest BCUT2D eigenvalue weighted by molar-refractivity contribution is -0.123. The fourth-order valence-electron chi connectivity index (χ4n) is 2.05. The SMILES string of the molecule is CC1(CNC(=O)C(N)c2cccs2)CCOCC1. The summed E-state index contributed by atoms with van der Waals surface area (Å²) in [6.45, 7) is 4.42. The number of carbonyl (C=O) groups excluding carboxylic acids is 1. The molecule has 1 saturated heterocycles. The van der Waals surface area contributed by atoms with Crippen molar-refractivity contribution in [2.45, 2.75) is 25.8 Å². The van der Waals surface area contributed by atoms with Crippen LogP contribution in [0.25, 0.3) is 0 Å². The maximum atomic E-state index is 12.0. The predicted octanol–water partition coefficient (Wildman–Crippen LogP) is 1.68. The molecule has 0 spiro atoms. The Bertz CT molecular complexity index is 386. The highest BCUT2D eigenvalue weighted by Crippen LogP contribution is 2.28. The van der Waals surface area contributed by atoms with Gasteiger partial charge in [0.15, 0.2) is 0 Å². The van der Waals surface area contributed by atoms with Crippen LogP contribution in [0.4, 0.5) is 0 Å². The third-order valence-corrected chi connectivity index (χ3v) is 4.48. The van der Waals surface area contributed by atoms with Gasteiger partial charge in [0.1, 0.15) is 6.04 Å². The molecule has 4 nitrogen and oxygen atoms in total. The van der Waals surface area contributed by atoms with E-state index in [4.69, 9.17) is 10.5 Å². The van der Waals surface area contributed by atoms with Crippen LogP contribution in [0, 0.1) is 5.41 Å². The summed E-state index contributed by atoms with van der Waals surface area (Å²) >= 11 is 1.51. The van der Waals surface area contributed by atoms with E-state index in [0.717, 1.165) is 30.9 Å². The number of ether oxygens (including phenoxy) is 1. The number of rotatable bonds is 4. The molecular weight excluding hydrogens is 248 g/mol. The molecule has 3 N–H and O–H groups in total. The van der Waals surface area contributed by atoms with Gasteiger partial charge in [-0.05, 0) is 29.7 Å². The fourth-order valence-corrected chi connectivity index (χ4v) is 2.77. The summed E-state index contributed by atoms with van der Waals surface area (Å²) in [6, 6.07) is 3.26. The van der Waals surface area contributed by atoms with E-state index < -0.39 is 6.04 Å². The van der Waals surface area contributed by atoms with E-state index in [1.54, 1.807) is 0 Å². The van der Waals surface area contributed by atoms with Gasteiger partial charge < -0.3 is 15.8 Å². The van der Waals surface area contributed by atoms with Gasteiger partial charge in [0.2, 0.25) is 5.91 Å². The quantitative estimate of drug-likeness (QED) is 0.873. The van der Waals surface area contributed by atoms with E-state index in [1.165, 1.54) is 11.3 Å². The van der Waals surface area contributed by atoms with E-state index in [2.05, 4.69) is 12.2 Å². The number of hydrogen-bond acceptors (Lipinski definition) is 4. The van der Waals surface area contributed by atoms with Crippen LogP contribution >= 0.6 is 11.3 Å². The van der Waals surface area contributed by atoms with Crippen LogP contribution in [-0.4, -0.2) is 25.7 Å². The van der Waals surface area contributed by atoms with Gasteiger partial charge in [-0.25, -0.2) is 0 Å². The Morgan fingerprint density at radius 3 is 2.94 bits per heavy atom. The molecule has 0 radical (unpaired) electrons. The molecule has 1 amide bonds. The molecule has 5 heteroatoms. The first-order valence-corrected chi connectivity index (χ1v) is 7.13. The van der Waals surface area contributed by atoms with Crippen LogP contribution in [0.2, 0.25) is 0 Å². The number of nitrogens with two attached hydrogens (primary N) is 1. The Hall–Kier alpha value is -0.910. The molecular formula is C13H20N2O2S. The van der Waals surface area contributed by atoms with Gasteiger partial charge in [0.25, 0.3) is 0 Å². The zero-order valence-corrected chi connectivity index (χ0v) is 11.5. The van der Waals surface area contributed by atoms with Crippen LogP contribution < -0.4 is 11.1 Å². The highest BCUT2D eigenvalue weighted by Gasteiger charge is 2.28. The molecule has 18 heavy (non-hydrogen) atoms. The van der Waals surface area contributed by atoms with Crippen molar-refractivity contribution in [2.75, 3.05) is 19.8 Å². The standard InChI is InChI=1S/C13H20N2O2S/c1-13(4-6-17-7-5-13)9-15-12(16)11(14)10-3-2-8-18-10/h2-3,8,11H,4-7,9,14H2,1H3,(H,15,16). The Balaban J connectivity index is 1.84. The topological polar surface area (TPSA) is 64.4 Å². The van der Waals surface area contributed by atoms with Crippen molar-refractivity contribution < 1.29 is 9.53 Å². The van der Waals surface area contributed by atoms with Gasteiger partial charge in [0, 0.05) is 24.6 Å². The largest absolute Gasteiger partial charge is 0.381 e. The van der Waals surface area contributed by atoms with Gasteiger partial charge in [-0.2, -0.15) is 0 Å². The second-order valence-corrected chi connectivity index (χ2v) is 6.11. The van der Waals surface area contributed by atoms with Crippen molar-refractivity contribution in [3.63, 3.8) is 0 Å². The molecule has 2 rings (SSSR count). The number of hydrogen-bond donors (Lipinski definition) is 2. The molecule has 1 aromatic heterocycles. The second-order valence-electron chi connectivity index (χ2n) is 5.13. The summed E-state index contributed by atoms with van der Waals surface area (Å²) in [5.74, 6) is -0.0924. The fraction of sp³-hybridized carbons (Fsp3) is 0.615. The zero-order valence-electron chi connectivity index (χ0n) is 10.6. The monoisotopic (exact) mass is 268 g/mol. The second kappa shape index (κ2) is 5.82. The Morgan fingerprint density at radius 1 is 1.61 bits per heavy atom. The van der Waals surface area contributed by atoms with Gasteiger partial charge in [-0.1, -0.05) is 13.0 Å². The van der Waals surface area contributed by atoms with Crippen molar-refractivity contribution >= 4 is 17.2 Å². The van der Waals surface area contributed by atoms with E-state index in [-0.39, 0.29) is 11.3 Å². The Labute approximate surface area is 112 Å². The van der Waals surface area contributed by atoms with Gasteiger partial charge >= 0.3 is 0 Å². The van der Waals surface area contributed by atoms with Crippen LogP contribution in [0.5, 0.6) is 0 Å². The predicted molar refractivity (Wildman–Crippen MR) is 72.4 cm³/mol. The lowest BCUT2D eigenvalue weighted by atomic mass is 9.82. The lowest BCUT2D eigenvalue weighted by Crippen LogP contribution is -2.42. The molecule has 1 unspecified atom stereocenters. The van der Waals surface area contributed by atoms with Crippen LogP contribution in [0.3, 0.4) is 0 Å². The maximum absolute atomic E-state index is 12.0. The van der Waals surface area contributed by atoms with Crippen molar-refractivity contribution in [2.24, 2.45) is 11.1 Å². The highest BCUT2D eigenvalue weighted by atomic mass is 32.1. The maximum Gasteiger partial charge on any atom is 0.242 e. The minimum Gasteiger partial charge on any atom is -0.381 e. The molecule has 1 atom stereocenters. The molecule has 0 saturated carbocycles. The molecule has 0 aromatic carbocycles. The van der Waals surface area contributed by atoms with E-state index in [9.17, 15) is 4.79 Å². The zero-order chi connectivity index (χ0) is 13.0. The average Bonchev–Trinajstić information content (AvgIpc) is 2.90. The van der Waals surface area contributed by atoms with Crippen molar-refractivity contribution in [1.82, 2.24) is 5.32 Å². The van der Waals surface area contributed by atoms with E-state index in [0.29, 0.717) is 6.54 Å². The first-order chi connectivity index (χ1) is 8.61. The minimum atomic E-state index is -0.548.